The maximum atomic E-state index is 13.4. The first-order valence-corrected chi connectivity index (χ1v) is 11.5. The van der Waals surface area contributed by atoms with Gasteiger partial charge in [0.15, 0.2) is 0 Å². The standard InChI is InChI=1S/C25H30N4O3/c30-24(26-14-20-12-7-13-32-20)21-16-28(15-18-8-3-1-4-9-18)17-22-23(21)27-29(25(22)31)19-10-5-2-6-11-19/h1-6,8-11,20-23,27H,7,12-17H2,(H,26,30). The van der Waals surface area contributed by atoms with E-state index in [1.165, 1.54) is 5.56 Å². The molecular formula is C25H30N4O3. The maximum absolute atomic E-state index is 13.4. The number of hydrazine groups is 1. The highest BCUT2D eigenvalue weighted by atomic mass is 16.5. The van der Waals surface area contributed by atoms with Crippen molar-refractivity contribution in [1.29, 1.82) is 0 Å². The van der Waals surface area contributed by atoms with E-state index in [9.17, 15) is 9.59 Å². The lowest BCUT2D eigenvalue weighted by atomic mass is 9.83. The number of fused-ring (bicyclic) bond motifs is 1. The predicted molar refractivity (Wildman–Crippen MR) is 122 cm³/mol. The van der Waals surface area contributed by atoms with Crippen LogP contribution in [0.5, 0.6) is 0 Å². The number of carbonyl (C=O) groups is 2. The van der Waals surface area contributed by atoms with Crippen LogP contribution in [0.1, 0.15) is 18.4 Å². The zero-order valence-electron chi connectivity index (χ0n) is 18.2. The Morgan fingerprint density at radius 1 is 1.06 bits per heavy atom. The Hall–Kier alpha value is -2.74. The number of rotatable bonds is 6. The number of benzene rings is 2. The molecule has 0 saturated carbocycles. The Morgan fingerprint density at radius 3 is 2.53 bits per heavy atom. The number of nitrogens with one attached hydrogen (secondary N) is 2. The van der Waals surface area contributed by atoms with Gasteiger partial charge in [0.2, 0.25) is 11.8 Å². The third-order valence-corrected chi connectivity index (χ3v) is 6.72. The summed E-state index contributed by atoms with van der Waals surface area (Å²) in [5.74, 6) is -0.581. The number of carbonyl (C=O) groups excluding carboxylic acids is 2. The minimum atomic E-state index is -0.323. The summed E-state index contributed by atoms with van der Waals surface area (Å²) in [4.78, 5) is 28.9. The van der Waals surface area contributed by atoms with E-state index in [0.717, 1.165) is 31.7 Å². The lowest BCUT2D eigenvalue weighted by molar-refractivity contribution is -0.130. The van der Waals surface area contributed by atoms with Gasteiger partial charge in [0.25, 0.3) is 0 Å². The minimum absolute atomic E-state index is 0.0107. The van der Waals surface area contributed by atoms with Crippen molar-refractivity contribution < 1.29 is 14.3 Å². The van der Waals surface area contributed by atoms with Crippen LogP contribution in [-0.2, 0) is 20.9 Å². The molecule has 2 aromatic rings. The van der Waals surface area contributed by atoms with Gasteiger partial charge in [0.1, 0.15) is 0 Å². The molecule has 4 atom stereocenters. The molecule has 0 spiro atoms. The summed E-state index contributed by atoms with van der Waals surface area (Å²) in [5.41, 5.74) is 5.36. The van der Waals surface area contributed by atoms with Crippen molar-refractivity contribution in [2.24, 2.45) is 11.8 Å². The molecule has 4 unspecified atom stereocenters. The molecule has 2 aromatic carbocycles. The lowest BCUT2D eigenvalue weighted by Crippen LogP contribution is -2.57. The summed E-state index contributed by atoms with van der Waals surface area (Å²) in [7, 11) is 0. The Labute approximate surface area is 188 Å². The number of para-hydroxylation sites is 1. The van der Waals surface area contributed by atoms with E-state index >= 15 is 0 Å². The zero-order valence-corrected chi connectivity index (χ0v) is 18.2. The number of hydrogen-bond donors (Lipinski definition) is 2. The Kier molecular flexibility index (Phi) is 6.21. The molecule has 2 amide bonds. The van der Waals surface area contributed by atoms with E-state index in [-0.39, 0.29) is 35.8 Å². The van der Waals surface area contributed by atoms with Gasteiger partial charge in [0, 0.05) is 32.8 Å². The highest BCUT2D eigenvalue weighted by Gasteiger charge is 2.50. The number of anilines is 1. The molecule has 0 bridgehead atoms. The van der Waals surface area contributed by atoms with Crippen molar-refractivity contribution >= 4 is 17.5 Å². The summed E-state index contributed by atoms with van der Waals surface area (Å²) in [6.07, 6.45) is 2.12. The molecule has 0 radical (unpaired) electrons. The van der Waals surface area contributed by atoms with Crippen molar-refractivity contribution in [3.63, 3.8) is 0 Å². The number of hydrogen-bond acceptors (Lipinski definition) is 5. The van der Waals surface area contributed by atoms with Gasteiger partial charge in [-0.2, -0.15) is 0 Å². The fraction of sp³-hybridized carbons (Fsp3) is 0.440. The molecule has 32 heavy (non-hydrogen) atoms. The SMILES string of the molecule is O=C(NCC1CCCO1)C1CN(Cc2ccccc2)CC2C(=O)N(c3ccccc3)NC12. The minimum Gasteiger partial charge on any atom is -0.376 e. The molecular weight excluding hydrogens is 404 g/mol. The Balaban J connectivity index is 1.35. The molecule has 3 heterocycles. The van der Waals surface area contributed by atoms with Crippen LogP contribution in [0, 0.1) is 11.8 Å². The summed E-state index contributed by atoms with van der Waals surface area (Å²) >= 11 is 0. The van der Waals surface area contributed by atoms with E-state index in [1.54, 1.807) is 5.01 Å². The second kappa shape index (κ2) is 9.40. The predicted octanol–water partition coefficient (Wildman–Crippen LogP) is 1.95. The van der Waals surface area contributed by atoms with Crippen LogP contribution < -0.4 is 15.8 Å². The van der Waals surface area contributed by atoms with Crippen LogP contribution >= 0.6 is 0 Å². The Morgan fingerprint density at radius 2 is 1.81 bits per heavy atom. The van der Waals surface area contributed by atoms with E-state index in [1.807, 2.05) is 48.5 Å². The quantitative estimate of drug-likeness (QED) is 0.727. The molecule has 3 saturated heterocycles. The number of likely N-dealkylation sites (tertiary alicyclic amines) is 1. The van der Waals surface area contributed by atoms with Gasteiger partial charge in [-0.3, -0.25) is 14.5 Å². The number of nitrogens with zero attached hydrogens (tertiary/aromatic N) is 2. The van der Waals surface area contributed by atoms with Gasteiger partial charge in [0.05, 0.1) is 29.7 Å². The third kappa shape index (κ3) is 4.41. The molecule has 3 aliphatic heterocycles. The van der Waals surface area contributed by atoms with E-state index < -0.39 is 0 Å². The first kappa shape index (κ1) is 21.1. The van der Waals surface area contributed by atoms with Crippen molar-refractivity contribution in [3.05, 3.63) is 66.2 Å². The summed E-state index contributed by atoms with van der Waals surface area (Å²) < 4.78 is 5.67. The Bertz CT molecular complexity index is 933. The van der Waals surface area contributed by atoms with Crippen LogP contribution in [0.15, 0.2) is 60.7 Å². The average Bonchev–Trinajstić information content (AvgIpc) is 3.47. The molecule has 168 valence electrons. The van der Waals surface area contributed by atoms with Crippen LogP contribution in [-0.4, -0.2) is 55.1 Å². The van der Waals surface area contributed by atoms with Gasteiger partial charge in [-0.05, 0) is 30.5 Å². The first-order valence-electron chi connectivity index (χ1n) is 11.5. The second-order valence-corrected chi connectivity index (χ2v) is 8.94. The highest BCUT2D eigenvalue weighted by Crippen LogP contribution is 2.32. The molecule has 0 aromatic heterocycles. The number of ether oxygens (including phenoxy) is 1. The monoisotopic (exact) mass is 434 g/mol. The smallest absolute Gasteiger partial charge is 0.247 e. The fourth-order valence-corrected chi connectivity index (χ4v) is 5.07. The third-order valence-electron chi connectivity index (χ3n) is 6.72. The summed E-state index contributed by atoms with van der Waals surface area (Å²) in [6, 6.07) is 19.6. The number of amides is 2. The van der Waals surface area contributed by atoms with Crippen molar-refractivity contribution in [1.82, 2.24) is 15.6 Å². The van der Waals surface area contributed by atoms with Gasteiger partial charge in [-0.15, -0.1) is 0 Å². The van der Waals surface area contributed by atoms with E-state index in [2.05, 4.69) is 27.8 Å². The molecule has 3 fully saturated rings. The van der Waals surface area contributed by atoms with Crippen molar-refractivity contribution in [2.75, 3.05) is 31.3 Å². The molecule has 3 aliphatic rings. The largest absolute Gasteiger partial charge is 0.376 e. The molecule has 7 nitrogen and oxygen atoms in total. The van der Waals surface area contributed by atoms with Crippen molar-refractivity contribution in [2.45, 2.75) is 31.5 Å². The second-order valence-electron chi connectivity index (χ2n) is 8.94. The van der Waals surface area contributed by atoms with Crippen LogP contribution in [0.25, 0.3) is 0 Å². The summed E-state index contributed by atoms with van der Waals surface area (Å²) in [6.45, 7) is 3.25. The van der Waals surface area contributed by atoms with E-state index in [4.69, 9.17) is 4.74 Å². The molecule has 7 heteroatoms. The zero-order chi connectivity index (χ0) is 21.9. The van der Waals surface area contributed by atoms with Crippen LogP contribution in [0.3, 0.4) is 0 Å². The maximum Gasteiger partial charge on any atom is 0.247 e. The first-order chi connectivity index (χ1) is 15.7. The van der Waals surface area contributed by atoms with Gasteiger partial charge >= 0.3 is 0 Å². The molecule has 0 aliphatic carbocycles. The lowest BCUT2D eigenvalue weighted by Gasteiger charge is -2.38. The van der Waals surface area contributed by atoms with E-state index in [0.29, 0.717) is 19.6 Å². The van der Waals surface area contributed by atoms with Gasteiger partial charge in [-0.25, -0.2) is 10.4 Å². The van der Waals surface area contributed by atoms with Crippen LogP contribution in [0.2, 0.25) is 0 Å². The van der Waals surface area contributed by atoms with Crippen LogP contribution in [0.4, 0.5) is 5.69 Å². The average molecular weight is 435 g/mol. The normalized spacial score (nSPS) is 28.0. The van der Waals surface area contributed by atoms with Gasteiger partial charge < -0.3 is 10.1 Å². The van der Waals surface area contributed by atoms with Crippen molar-refractivity contribution in [3.8, 4) is 0 Å². The topological polar surface area (TPSA) is 73.9 Å². The number of piperidine rings is 1. The fourth-order valence-electron chi connectivity index (χ4n) is 5.07. The summed E-state index contributed by atoms with van der Waals surface area (Å²) in [5, 5.41) is 4.73. The highest BCUT2D eigenvalue weighted by molar-refractivity contribution is 5.98. The molecule has 2 N–H and O–H groups in total. The van der Waals surface area contributed by atoms with Gasteiger partial charge in [-0.1, -0.05) is 48.5 Å². The molecule has 5 rings (SSSR count).